The van der Waals surface area contributed by atoms with Gasteiger partial charge in [-0.3, -0.25) is 10.6 Å². The zero-order valence-corrected chi connectivity index (χ0v) is 17.2. The Morgan fingerprint density at radius 1 is 1.00 bits per heavy atom. The van der Waals surface area contributed by atoms with Gasteiger partial charge in [0.25, 0.3) is 0 Å². The van der Waals surface area contributed by atoms with E-state index in [1.807, 2.05) is 0 Å². The Morgan fingerprint density at radius 3 is 2.26 bits per heavy atom. The van der Waals surface area contributed by atoms with E-state index in [0.717, 1.165) is 0 Å². The number of alkyl halides is 6. The van der Waals surface area contributed by atoms with Crippen LogP contribution in [0.4, 0.5) is 26.3 Å². The predicted octanol–water partition coefficient (Wildman–Crippen LogP) is 1.44. The summed E-state index contributed by atoms with van der Waals surface area (Å²) in [6.07, 6.45) is -11.8. The maximum absolute atomic E-state index is 13.7. The molecule has 0 amide bonds. The van der Waals surface area contributed by atoms with Crippen molar-refractivity contribution in [1.82, 2.24) is 21.5 Å². The van der Waals surface area contributed by atoms with Gasteiger partial charge in [-0.1, -0.05) is 19.3 Å². The van der Waals surface area contributed by atoms with Gasteiger partial charge in [-0.05, 0) is 26.2 Å². The number of nitrogens with two attached hydrogens (primary N) is 1. The molecule has 0 spiro atoms. The van der Waals surface area contributed by atoms with Crippen LogP contribution in [0.15, 0.2) is 0 Å². The molecular formula is C18H31F6N5O2. The van der Waals surface area contributed by atoms with E-state index in [0.29, 0.717) is 19.3 Å². The van der Waals surface area contributed by atoms with Crippen LogP contribution in [-0.4, -0.2) is 60.3 Å². The summed E-state index contributed by atoms with van der Waals surface area (Å²) in [6, 6.07) is -1.89. The van der Waals surface area contributed by atoms with Gasteiger partial charge in [-0.15, -0.1) is 0 Å². The normalized spacial score (nSPS) is 43.5. The molecule has 0 radical (unpaired) electrons. The average Bonchev–Trinajstić information content (AvgIpc) is 3.12. The Labute approximate surface area is 176 Å². The summed E-state index contributed by atoms with van der Waals surface area (Å²) in [4.78, 5) is 0. The van der Waals surface area contributed by atoms with Gasteiger partial charge in [0.05, 0.1) is 30.7 Å². The van der Waals surface area contributed by atoms with E-state index < -0.39 is 73.5 Å². The predicted molar refractivity (Wildman–Crippen MR) is 99.0 cm³/mol. The van der Waals surface area contributed by atoms with E-state index >= 15 is 0 Å². The number of nitrogens with one attached hydrogen (secondary N) is 4. The first-order valence-electron chi connectivity index (χ1n) is 10.5. The monoisotopic (exact) mass is 463 g/mol. The quantitative estimate of drug-likeness (QED) is 0.327. The summed E-state index contributed by atoms with van der Waals surface area (Å²) >= 11 is 0. The lowest BCUT2D eigenvalue weighted by atomic mass is 9.84. The molecule has 0 saturated carbocycles. The highest BCUT2D eigenvalue weighted by Gasteiger charge is 2.54. The third-order valence-electron chi connectivity index (χ3n) is 6.55. The maximum atomic E-state index is 13.7. The smallest absolute Gasteiger partial charge is 0.394 e. The van der Waals surface area contributed by atoms with Crippen LogP contribution in [-0.2, 0) is 4.74 Å². The van der Waals surface area contributed by atoms with Crippen molar-refractivity contribution in [2.24, 2.45) is 17.6 Å². The van der Waals surface area contributed by atoms with Crippen LogP contribution >= 0.6 is 0 Å². The van der Waals surface area contributed by atoms with Gasteiger partial charge in [-0.25, -0.2) is 10.9 Å². The summed E-state index contributed by atoms with van der Waals surface area (Å²) in [5.41, 5.74) is 10.1. The van der Waals surface area contributed by atoms with Crippen LogP contribution in [0.2, 0.25) is 0 Å². The Kier molecular flexibility index (Phi) is 7.46. The first-order chi connectivity index (χ1) is 14.3. The fourth-order valence-electron chi connectivity index (χ4n) is 4.68. The lowest BCUT2D eigenvalue weighted by Crippen LogP contribution is -2.72. The van der Waals surface area contributed by atoms with E-state index in [-0.39, 0.29) is 12.8 Å². The largest absolute Gasteiger partial charge is 0.395 e. The van der Waals surface area contributed by atoms with Crippen molar-refractivity contribution in [3.63, 3.8) is 0 Å². The SMILES string of the molecule is CC1(CO)CCCCC[C@@H](C(F)(F)F)C2NNC(O2)C2NC(N1)C(C(F)(F)F)CC2N. The molecule has 7 unspecified atom stereocenters. The van der Waals surface area contributed by atoms with Crippen LogP contribution in [0, 0.1) is 11.8 Å². The van der Waals surface area contributed by atoms with Crippen LogP contribution in [0.1, 0.15) is 45.4 Å². The summed E-state index contributed by atoms with van der Waals surface area (Å²) < 4.78 is 87.5. The van der Waals surface area contributed by atoms with Crippen LogP contribution < -0.4 is 27.2 Å². The number of aliphatic hydroxyl groups is 1. The number of hydrogen-bond acceptors (Lipinski definition) is 7. The van der Waals surface area contributed by atoms with Crippen LogP contribution in [0.25, 0.3) is 0 Å². The van der Waals surface area contributed by atoms with Gasteiger partial charge in [0, 0.05) is 11.6 Å². The molecule has 3 saturated heterocycles. The van der Waals surface area contributed by atoms with Crippen molar-refractivity contribution >= 4 is 0 Å². The summed E-state index contributed by atoms with van der Waals surface area (Å²) in [5, 5.41) is 15.6. The Morgan fingerprint density at radius 2 is 1.65 bits per heavy atom. The standard InChI is InChI=1S/C18H31F6N5O2/c1-16(8-30)6-4-2-3-5-9(17(19,20)21)14-28-29-15(31-14)12-11(25)7-10(18(22,23)24)13(26-12)27-16/h9-15,26-30H,2-8,25H2,1H3/t9-,10?,11?,12?,13?,14?,15?,16?/m1/s1. The first kappa shape index (κ1) is 24.9. The minimum atomic E-state index is -4.55. The van der Waals surface area contributed by atoms with E-state index in [2.05, 4.69) is 21.5 Å². The van der Waals surface area contributed by atoms with Crippen LogP contribution in [0.3, 0.4) is 0 Å². The highest BCUT2D eigenvalue weighted by Crippen LogP contribution is 2.39. The number of halogens is 6. The second-order valence-electron chi connectivity index (χ2n) is 9.09. The lowest BCUT2D eigenvalue weighted by Gasteiger charge is -2.46. The number of rotatable bonds is 1. The molecule has 7 N–H and O–H groups in total. The second kappa shape index (κ2) is 9.27. The number of hydrazine groups is 1. The zero-order chi connectivity index (χ0) is 23.0. The molecule has 3 aliphatic rings. The third-order valence-corrected chi connectivity index (χ3v) is 6.55. The number of aliphatic hydroxyl groups excluding tert-OH is 1. The molecule has 3 fully saturated rings. The van der Waals surface area contributed by atoms with Gasteiger partial charge in [-0.2, -0.15) is 26.3 Å². The van der Waals surface area contributed by atoms with Gasteiger partial charge < -0.3 is 15.6 Å². The molecule has 0 aromatic carbocycles. The van der Waals surface area contributed by atoms with E-state index in [1.165, 1.54) is 0 Å². The van der Waals surface area contributed by atoms with Crippen molar-refractivity contribution in [2.75, 3.05) is 6.61 Å². The molecule has 31 heavy (non-hydrogen) atoms. The molecule has 0 aromatic heterocycles. The van der Waals surface area contributed by atoms with Gasteiger partial charge >= 0.3 is 12.4 Å². The number of fused-ring (bicyclic) bond motifs is 5. The third kappa shape index (κ3) is 5.81. The minimum Gasteiger partial charge on any atom is -0.394 e. The van der Waals surface area contributed by atoms with Crippen molar-refractivity contribution in [3.8, 4) is 0 Å². The van der Waals surface area contributed by atoms with Crippen molar-refractivity contribution < 1.29 is 36.2 Å². The van der Waals surface area contributed by atoms with Crippen LogP contribution in [0.5, 0.6) is 0 Å². The number of piperidine rings is 1. The maximum Gasteiger partial charge on any atom is 0.395 e. The molecule has 4 bridgehead atoms. The second-order valence-corrected chi connectivity index (χ2v) is 9.09. The number of hydrogen-bond donors (Lipinski definition) is 6. The van der Waals surface area contributed by atoms with Crippen molar-refractivity contribution in [2.45, 2.75) is 94.0 Å². The number of ether oxygens (including phenoxy) is 1. The Hall–Kier alpha value is -0.700. The molecule has 0 aromatic rings. The van der Waals surface area contributed by atoms with E-state index in [4.69, 9.17) is 10.5 Å². The average molecular weight is 463 g/mol. The summed E-state index contributed by atoms with van der Waals surface area (Å²) in [5.74, 6) is -3.60. The van der Waals surface area contributed by atoms with E-state index in [9.17, 15) is 31.4 Å². The molecule has 182 valence electrons. The van der Waals surface area contributed by atoms with E-state index in [1.54, 1.807) is 6.92 Å². The Bertz CT molecular complexity index is 609. The topological polar surface area (TPSA) is 104 Å². The molecule has 3 heterocycles. The summed E-state index contributed by atoms with van der Waals surface area (Å²) in [7, 11) is 0. The fraction of sp³-hybridized carbons (Fsp3) is 1.00. The molecule has 3 aliphatic heterocycles. The van der Waals surface area contributed by atoms with Crippen molar-refractivity contribution in [1.29, 1.82) is 0 Å². The fourth-order valence-corrected chi connectivity index (χ4v) is 4.68. The molecule has 8 atom stereocenters. The highest BCUT2D eigenvalue weighted by molar-refractivity contribution is 5.02. The molecule has 7 nitrogen and oxygen atoms in total. The first-order valence-corrected chi connectivity index (χ1v) is 10.5. The molecule has 0 aliphatic carbocycles. The molecular weight excluding hydrogens is 432 g/mol. The van der Waals surface area contributed by atoms with Gasteiger partial charge in [0.15, 0.2) is 0 Å². The van der Waals surface area contributed by atoms with Gasteiger partial charge in [0.2, 0.25) is 0 Å². The highest BCUT2D eigenvalue weighted by atomic mass is 19.4. The zero-order valence-electron chi connectivity index (χ0n) is 17.2. The summed E-state index contributed by atoms with van der Waals surface area (Å²) in [6.45, 7) is 1.19. The van der Waals surface area contributed by atoms with Crippen molar-refractivity contribution in [3.05, 3.63) is 0 Å². The molecule has 3 rings (SSSR count). The minimum absolute atomic E-state index is 0.151. The lowest BCUT2D eigenvalue weighted by molar-refractivity contribution is -0.215. The Balaban J connectivity index is 1.89. The molecule has 13 heteroatoms. The van der Waals surface area contributed by atoms with Gasteiger partial charge in [0.1, 0.15) is 12.5 Å².